The number of hydrogen-bond donors (Lipinski definition) is 1. The minimum Gasteiger partial charge on any atom is -0.495 e. The van der Waals surface area contributed by atoms with Crippen LogP contribution in [0.2, 0.25) is 5.02 Å². The summed E-state index contributed by atoms with van der Waals surface area (Å²) in [5.74, 6) is 0.613. The molecule has 0 unspecified atom stereocenters. The van der Waals surface area contributed by atoms with Crippen molar-refractivity contribution in [2.75, 3.05) is 40.5 Å². The molecule has 0 bridgehead atoms. The van der Waals surface area contributed by atoms with Gasteiger partial charge >= 0.3 is 0 Å². The molecule has 118 valence electrons. The van der Waals surface area contributed by atoms with Gasteiger partial charge in [0.25, 0.3) is 0 Å². The molecule has 0 aliphatic heterocycles. The fourth-order valence-electron chi connectivity index (χ4n) is 1.96. The Bertz CT molecular complexity index is 453. The molecular weight excluding hydrogens is 294 g/mol. The molecule has 21 heavy (non-hydrogen) atoms. The van der Waals surface area contributed by atoms with Crippen molar-refractivity contribution in [3.8, 4) is 5.75 Å². The van der Waals surface area contributed by atoms with Crippen LogP contribution in [0.25, 0.3) is 0 Å². The zero-order valence-electron chi connectivity index (χ0n) is 12.5. The highest BCUT2D eigenvalue weighted by molar-refractivity contribution is 6.32. The zero-order valence-corrected chi connectivity index (χ0v) is 13.2. The van der Waals surface area contributed by atoms with Crippen LogP contribution in [-0.4, -0.2) is 56.4 Å². The Morgan fingerprint density at radius 1 is 1.33 bits per heavy atom. The lowest BCUT2D eigenvalue weighted by Gasteiger charge is -2.21. The second-order valence-electron chi connectivity index (χ2n) is 4.57. The fraction of sp³-hybridized carbons (Fsp3) is 0.533. The molecule has 0 radical (unpaired) electrons. The maximum absolute atomic E-state index is 12.1. The molecule has 0 heterocycles. The van der Waals surface area contributed by atoms with Gasteiger partial charge in [-0.05, 0) is 24.1 Å². The molecule has 0 saturated heterocycles. The van der Waals surface area contributed by atoms with Crippen molar-refractivity contribution in [2.24, 2.45) is 0 Å². The van der Waals surface area contributed by atoms with Gasteiger partial charge in [0, 0.05) is 26.6 Å². The summed E-state index contributed by atoms with van der Waals surface area (Å²) in [5, 5.41) is 9.53. The molecule has 0 aromatic heterocycles. The summed E-state index contributed by atoms with van der Waals surface area (Å²) < 4.78 is 10.1. The Labute approximate surface area is 130 Å². The zero-order chi connectivity index (χ0) is 15.7. The number of benzene rings is 1. The van der Waals surface area contributed by atoms with Gasteiger partial charge in [-0.1, -0.05) is 17.7 Å². The molecular formula is C15H22ClNO4. The monoisotopic (exact) mass is 315 g/mol. The van der Waals surface area contributed by atoms with Crippen molar-refractivity contribution in [2.45, 2.75) is 12.8 Å². The van der Waals surface area contributed by atoms with E-state index in [9.17, 15) is 4.79 Å². The van der Waals surface area contributed by atoms with Gasteiger partial charge in [-0.3, -0.25) is 4.79 Å². The van der Waals surface area contributed by atoms with Gasteiger partial charge in [0.05, 0.1) is 25.3 Å². The van der Waals surface area contributed by atoms with Crippen molar-refractivity contribution < 1.29 is 19.4 Å². The summed E-state index contributed by atoms with van der Waals surface area (Å²) in [6.45, 7) is 1.22. The van der Waals surface area contributed by atoms with E-state index in [1.165, 1.54) is 0 Å². The lowest BCUT2D eigenvalue weighted by Crippen LogP contribution is -2.36. The molecule has 6 heteroatoms. The highest BCUT2D eigenvalue weighted by atomic mass is 35.5. The smallest absolute Gasteiger partial charge is 0.223 e. The number of amides is 1. The van der Waals surface area contributed by atoms with Crippen LogP contribution in [0, 0.1) is 0 Å². The molecule has 1 rings (SSSR count). The van der Waals surface area contributed by atoms with Crippen LogP contribution < -0.4 is 4.74 Å². The fourth-order valence-corrected chi connectivity index (χ4v) is 2.24. The molecule has 0 spiro atoms. The van der Waals surface area contributed by atoms with Crippen molar-refractivity contribution in [3.63, 3.8) is 0 Å². The van der Waals surface area contributed by atoms with Crippen LogP contribution in [0.15, 0.2) is 18.2 Å². The van der Waals surface area contributed by atoms with E-state index in [0.717, 1.165) is 5.56 Å². The Balaban J connectivity index is 2.55. The first-order valence-electron chi connectivity index (χ1n) is 6.82. The number of methoxy groups -OCH3 is 2. The second kappa shape index (κ2) is 9.60. The summed E-state index contributed by atoms with van der Waals surface area (Å²) in [5.41, 5.74) is 0.977. The Hall–Kier alpha value is -1.30. The number of ether oxygens (including phenoxy) is 2. The largest absolute Gasteiger partial charge is 0.495 e. The van der Waals surface area contributed by atoms with Gasteiger partial charge in [0.1, 0.15) is 5.75 Å². The minimum atomic E-state index is -0.0518. The Kier molecular flexibility index (Phi) is 8.12. The van der Waals surface area contributed by atoms with E-state index in [0.29, 0.717) is 43.3 Å². The first-order chi connectivity index (χ1) is 10.1. The molecule has 0 aliphatic rings. The lowest BCUT2D eigenvalue weighted by molar-refractivity contribution is -0.132. The number of carbonyl (C=O) groups excluding carboxylic acids is 1. The van der Waals surface area contributed by atoms with E-state index in [-0.39, 0.29) is 12.5 Å². The van der Waals surface area contributed by atoms with Gasteiger partial charge in [-0.25, -0.2) is 0 Å². The normalized spacial score (nSPS) is 10.5. The highest BCUT2D eigenvalue weighted by Crippen LogP contribution is 2.25. The third-order valence-corrected chi connectivity index (χ3v) is 3.43. The summed E-state index contributed by atoms with van der Waals surface area (Å²) in [6.07, 6.45) is 0.962. The number of carbonyl (C=O) groups is 1. The van der Waals surface area contributed by atoms with Gasteiger partial charge in [-0.15, -0.1) is 0 Å². The minimum absolute atomic E-state index is 0.00644. The third-order valence-electron chi connectivity index (χ3n) is 3.13. The van der Waals surface area contributed by atoms with Gasteiger partial charge in [0.2, 0.25) is 5.91 Å². The van der Waals surface area contributed by atoms with Crippen LogP contribution in [0.1, 0.15) is 12.0 Å². The maximum atomic E-state index is 12.1. The molecule has 1 aromatic rings. The predicted octanol–water partition coefficient (Wildman–Crippen LogP) is 1.75. The average molecular weight is 316 g/mol. The summed E-state index contributed by atoms with van der Waals surface area (Å²) in [4.78, 5) is 13.7. The third kappa shape index (κ3) is 5.91. The van der Waals surface area contributed by atoms with Crippen LogP contribution in [-0.2, 0) is 16.0 Å². The first kappa shape index (κ1) is 17.8. The summed E-state index contributed by atoms with van der Waals surface area (Å²) >= 11 is 6.06. The number of halogens is 1. The van der Waals surface area contributed by atoms with Crippen LogP contribution in [0.4, 0.5) is 0 Å². The average Bonchev–Trinajstić information content (AvgIpc) is 2.49. The number of aliphatic hydroxyl groups excluding tert-OH is 1. The summed E-state index contributed by atoms with van der Waals surface area (Å²) in [7, 11) is 3.15. The molecule has 5 nitrogen and oxygen atoms in total. The van der Waals surface area contributed by atoms with Gasteiger partial charge in [0.15, 0.2) is 0 Å². The molecule has 1 N–H and O–H groups in total. The molecule has 0 fully saturated rings. The molecule has 1 aromatic carbocycles. The van der Waals surface area contributed by atoms with Gasteiger partial charge < -0.3 is 19.5 Å². The maximum Gasteiger partial charge on any atom is 0.223 e. The Morgan fingerprint density at radius 3 is 2.67 bits per heavy atom. The van der Waals surface area contributed by atoms with E-state index < -0.39 is 0 Å². The summed E-state index contributed by atoms with van der Waals surface area (Å²) in [6, 6.07) is 5.49. The van der Waals surface area contributed by atoms with E-state index in [2.05, 4.69) is 0 Å². The quantitative estimate of drug-likeness (QED) is 0.754. The SMILES string of the molecule is COCCN(CCO)C(=O)CCc1ccc(OC)c(Cl)c1. The standard InChI is InChI=1S/C15H22ClNO4/c1-20-10-8-17(7-9-18)15(19)6-4-12-3-5-14(21-2)13(16)11-12/h3,5,11,18H,4,6-10H2,1-2H3. The molecule has 0 aliphatic carbocycles. The lowest BCUT2D eigenvalue weighted by atomic mass is 10.1. The van der Waals surface area contributed by atoms with Crippen LogP contribution >= 0.6 is 11.6 Å². The number of aliphatic hydroxyl groups is 1. The van der Waals surface area contributed by atoms with Crippen LogP contribution in [0.3, 0.4) is 0 Å². The van der Waals surface area contributed by atoms with E-state index in [1.54, 1.807) is 31.3 Å². The Morgan fingerprint density at radius 2 is 2.10 bits per heavy atom. The van der Waals surface area contributed by atoms with E-state index in [4.69, 9.17) is 26.2 Å². The van der Waals surface area contributed by atoms with E-state index in [1.807, 2.05) is 6.07 Å². The van der Waals surface area contributed by atoms with Crippen molar-refractivity contribution in [1.29, 1.82) is 0 Å². The molecule has 0 atom stereocenters. The predicted molar refractivity (Wildman–Crippen MR) is 81.9 cm³/mol. The highest BCUT2D eigenvalue weighted by Gasteiger charge is 2.13. The number of nitrogens with zero attached hydrogens (tertiary/aromatic N) is 1. The van der Waals surface area contributed by atoms with E-state index >= 15 is 0 Å². The van der Waals surface area contributed by atoms with Crippen molar-refractivity contribution in [3.05, 3.63) is 28.8 Å². The number of rotatable bonds is 9. The molecule has 0 saturated carbocycles. The molecule has 1 amide bonds. The number of aryl methyl sites for hydroxylation is 1. The topological polar surface area (TPSA) is 59.0 Å². The van der Waals surface area contributed by atoms with Crippen LogP contribution in [0.5, 0.6) is 5.75 Å². The number of hydrogen-bond acceptors (Lipinski definition) is 4. The van der Waals surface area contributed by atoms with Gasteiger partial charge in [-0.2, -0.15) is 0 Å². The van der Waals surface area contributed by atoms with Crippen molar-refractivity contribution in [1.82, 2.24) is 4.90 Å². The second-order valence-corrected chi connectivity index (χ2v) is 4.97. The van der Waals surface area contributed by atoms with Crippen molar-refractivity contribution >= 4 is 17.5 Å². The first-order valence-corrected chi connectivity index (χ1v) is 7.20.